The number of hydrogen-bond donors (Lipinski definition) is 2. The maximum atomic E-state index is 12.5. The van der Waals surface area contributed by atoms with Gasteiger partial charge in [0.2, 0.25) is 0 Å². The van der Waals surface area contributed by atoms with Crippen molar-refractivity contribution in [1.82, 2.24) is 20.2 Å². The number of hydrogen-bond acceptors (Lipinski definition) is 7. The van der Waals surface area contributed by atoms with Gasteiger partial charge in [0.25, 0.3) is 5.91 Å². The highest BCUT2D eigenvalue weighted by Gasteiger charge is 2.17. The van der Waals surface area contributed by atoms with E-state index < -0.39 is 0 Å². The summed E-state index contributed by atoms with van der Waals surface area (Å²) in [5, 5.41) is 23.0. The zero-order valence-corrected chi connectivity index (χ0v) is 19.5. The molecule has 1 amide bonds. The first kappa shape index (κ1) is 23.1. The molecule has 0 aliphatic carbocycles. The first-order chi connectivity index (χ1) is 16.5. The Morgan fingerprint density at radius 3 is 2.53 bits per heavy atom. The number of phenolic OH excluding ortho intramolecular Hbond substituents is 1. The number of carbonyl (C=O) groups excluding carboxylic acids is 1. The summed E-state index contributed by atoms with van der Waals surface area (Å²) in [7, 11) is 1.62. The number of thioether (sulfide) groups is 1. The summed E-state index contributed by atoms with van der Waals surface area (Å²) in [6, 6.07) is 24.0. The average molecular weight is 474 g/mol. The number of phenols is 1. The quantitative estimate of drug-likeness (QED) is 0.225. The van der Waals surface area contributed by atoms with Gasteiger partial charge in [-0.05, 0) is 43.3 Å². The lowest BCUT2D eigenvalue weighted by molar-refractivity contribution is -0.118. The molecule has 0 spiro atoms. The molecule has 34 heavy (non-hydrogen) atoms. The number of aromatic nitrogens is 3. The molecule has 0 saturated heterocycles. The predicted octanol–water partition coefficient (Wildman–Crippen LogP) is 4.28. The topological polar surface area (TPSA) is 102 Å². The largest absolute Gasteiger partial charge is 0.508 e. The Balaban J connectivity index is 1.53. The molecule has 9 heteroatoms. The van der Waals surface area contributed by atoms with Crippen molar-refractivity contribution in [1.29, 1.82) is 0 Å². The molecule has 4 rings (SSSR count). The average Bonchev–Trinajstić information content (AvgIpc) is 3.30. The van der Waals surface area contributed by atoms with Crippen LogP contribution in [0.1, 0.15) is 12.5 Å². The minimum atomic E-state index is -0.282. The third kappa shape index (κ3) is 5.44. The molecule has 2 N–H and O–H groups in total. The highest BCUT2D eigenvalue weighted by Crippen LogP contribution is 2.28. The van der Waals surface area contributed by atoms with Crippen LogP contribution in [-0.2, 0) is 4.79 Å². The van der Waals surface area contributed by atoms with Crippen LogP contribution in [0.5, 0.6) is 11.5 Å². The number of carbonyl (C=O) groups is 1. The summed E-state index contributed by atoms with van der Waals surface area (Å²) in [4.78, 5) is 12.5. The van der Waals surface area contributed by atoms with E-state index >= 15 is 0 Å². The van der Waals surface area contributed by atoms with Crippen molar-refractivity contribution < 1.29 is 14.6 Å². The van der Waals surface area contributed by atoms with Crippen molar-refractivity contribution in [2.24, 2.45) is 5.10 Å². The zero-order valence-electron chi connectivity index (χ0n) is 18.7. The maximum absolute atomic E-state index is 12.5. The first-order valence-electron chi connectivity index (χ1n) is 10.5. The molecule has 0 bridgehead atoms. The van der Waals surface area contributed by atoms with Crippen LogP contribution in [0.25, 0.3) is 17.1 Å². The van der Waals surface area contributed by atoms with Gasteiger partial charge in [0.05, 0.1) is 18.6 Å². The third-order valence-corrected chi connectivity index (χ3v) is 5.87. The summed E-state index contributed by atoms with van der Waals surface area (Å²) in [5.74, 6) is 1.37. The maximum Gasteiger partial charge on any atom is 0.250 e. The van der Waals surface area contributed by atoms with Crippen molar-refractivity contribution >= 4 is 23.4 Å². The standard InChI is InChI=1S/C25H23N5O3S/c1-17(19-9-6-10-21(31)15-19)26-27-23(32)16-34-25-29-28-24(18-7-4-3-5-8-18)30(25)20-11-13-22(33-2)14-12-20/h3-15,31H,16H2,1-2H3,(H,27,32). The minimum absolute atomic E-state index is 0.0971. The van der Waals surface area contributed by atoms with Gasteiger partial charge in [0.1, 0.15) is 11.5 Å². The van der Waals surface area contributed by atoms with Crippen LogP contribution in [0.2, 0.25) is 0 Å². The van der Waals surface area contributed by atoms with Gasteiger partial charge in [-0.2, -0.15) is 5.10 Å². The Morgan fingerprint density at radius 2 is 1.82 bits per heavy atom. The summed E-state index contributed by atoms with van der Waals surface area (Å²) in [6.45, 7) is 1.76. The Kier molecular flexibility index (Phi) is 7.24. The van der Waals surface area contributed by atoms with E-state index in [9.17, 15) is 9.90 Å². The molecule has 0 saturated carbocycles. The number of amides is 1. The highest BCUT2D eigenvalue weighted by atomic mass is 32.2. The molecule has 8 nitrogen and oxygen atoms in total. The lowest BCUT2D eigenvalue weighted by atomic mass is 10.1. The molecule has 0 atom stereocenters. The van der Waals surface area contributed by atoms with E-state index in [2.05, 4.69) is 20.7 Å². The molecule has 0 aliphatic heterocycles. The molecule has 0 aliphatic rings. The number of nitrogens with zero attached hydrogens (tertiary/aromatic N) is 4. The Labute approximate surface area is 201 Å². The van der Waals surface area contributed by atoms with E-state index in [-0.39, 0.29) is 17.4 Å². The number of benzene rings is 3. The fourth-order valence-corrected chi connectivity index (χ4v) is 3.95. The van der Waals surface area contributed by atoms with Gasteiger partial charge in [-0.25, -0.2) is 5.43 Å². The molecule has 1 aromatic heterocycles. The van der Waals surface area contributed by atoms with Crippen LogP contribution in [0.4, 0.5) is 0 Å². The third-order valence-electron chi connectivity index (χ3n) is 4.94. The van der Waals surface area contributed by atoms with E-state index in [0.717, 1.165) is 22.6 Å². The summed E-state index contributed by atoms with van der Waals surface area (Å²) < 4.78 is 7.18. The molecule has 172 valence electrons. The number of nitrogens with one attached hydrogen (secondary N) is 1. The smallest absolute Gasteiger partial charge is 0.250 e. The molecular weight excluding hydrogens is 450 g/mol. The van der Waals surface area contributed by atoms with Crippen LogP contribution in [-0.4, -0.2) is 44.4 Å². The van der Waals surface area contributed by atoms with Gasteiger partial charge in [0, 0.05) is 16.8 Å². The van der Waals surface area contributed by atoms with Crippen molar-refractivity contribution in [3.05, 3.63) is 84.4 Å². The Hall–Kier alpha value is -4.11. The zero-order chi connectivity index (χ0) is 23.9. The van der Waals surface area contributed by atoms with Crippen molar-refractivity contribution in [3.8, 4) is 28.6 Å². The Morgan fingerprint density at radius 1 is 1.06 bits per heavy atom. The Bertz CT molecular complexity index is 1300. The van der Waals surface area contributed by atoms with Gasteiger partial charge in [-0.1, -0.05) is 54.2 Å². The molecule has 1 heterocycles. The van der Waals surface area contributed by atoms with Crippen LogP contribution in [0, 0.1) is 0 Å². The first-order valence-corrected chi connectivity index (χ1v) is 11.4. The summed E-state index contributed by atoms with van der Waals surface area (Å²) in [6.07, 6.45) is 0. The second kappa shape index (κ2) is 10.7. The lowest BCUT2D eigenvalue weighted by Crippen LogP contribution is -2.21. The molecule has 0 radical (unpaired) electrons. The van der Waals surface area contributed by atoms with Crippen molar-refractivity contribution in [3.63, 3.8) is 0 Å². The van der Waals surface area contributed by atoms with Gasteiger partial charge in [-0.15, -0.1) is 10.2 Å². The van der Waals surface area contributed by atoms with E-state index in [4.69, 9.17) is 4.74 Å². The molecule has 3 aromatic carbocycles. The lowest BCUT2D eigenvalue weighted by Gasteiger charge is -2.11. The fraction of sp³-hybridized carbons (Fsp3) is 0.120. The van der Waals surface area contributed by atoms with Crippen LogP contribution in [0.3, 0.4) is 0 Å². The van der Waals surface area contributed by atoms with E-state index in [1.165, 1.54) is 11.8 Å². The molecule has 0 unspecified atom stereocenters. The number of rotatable bonds is 8. The van der Waals surface area contributed by atoms with Crippen LogP contribution in [0.15, 0.2) is 89.1 Å². The SMILES string of the molecule is COc1ccc(-n2c(SCC(=O)NN=C(C)c3cccc(O)c3)nnc2-c2ccccc2)cc1. The predicted molar refractivity (Wildman–Crippen MR) is 133 cm³/mol. The number of aromatic hydroxyl groups is 1. The fourth-order valence-electron chi connectivity index (χ4n) is 3.21. The molecular formula is C25H23N5O3S. The van der Waals surface area contributed by atoms with Gasteiger partial charge < -0.3 is 9.84 Å². The van der Waals surface area contributed by atoms with Crippen molar-refractivity contribution in [2.45, 2.75) is 12.1 Å². The second-order valence-electron chi connectivity index (χ2n) is 7.28. The second-order valence-corrected chi connectivity index (χ2v) is 8.22. The number of hydrazone groups is 1. The van der Waals surface area contributed by atoms with Crippen molar-refractivity contribution in [2.75, 3.05) is 12.9 Å². The van der Waals surface area contributed by atoms with Gasteiger partial charge >= 0.3 is 0 Å². The van der Waals surface area contributed by atoms with Gasteiger partial charge in [-0.3, -0.25) is 9.36 Å². The van der Waals surface area contributed by atoms with Crippen LogP contribution < -0.4 is 10.2 Å². The van der Waals surface area contributed by atoms with E-state index in [0.29, 0.717) is 16.7 Å². The monoisotopic (exact) mass is 473 g/mol. The number of methoxy groups -OCH3 is 1. The summed E-state index contributed by atoms with van der Waals surface area (Å²) in [5.41, 5.74) is 5.63. The van der Waals surface area contributed by atoms with Crippen LogP contribution >= 0.6 is 11.8 Å². The molecule has 0 fully saturated rings. The minimum Gasteiger partial charge on any atom is -0.508 e. The van der Waals surface area contributed by atoms with E-state index in [1.54, 1.807) is 32.2 Å². The summed E-state index contributed by atoms with van der Waals surface area (Å²) >= 11 is 1.26. The van der Waals surface area contributed by atoms with E-state index in [1.807, 2.05) is 65.2 Å². The highest BCUT2D eigenvalue weighted by molar-refractivity contribution is 7.99. The normalized spacial score (nSPS) is 11.3. The number of ether oxygens (including phenoxy) is 1. The van der Waals surface area contributed by atoms with Gasteiger partial charge in [0.15, 0.2) is 11.0 Å². The molecule has 4 aromatic rings.